The molecule has 0 aromatic heterocycles. The van der Waals surface area contributed by atoms with E-state index in [1.54, 1.807) is 11.9 Å². The van der Waals surface area contributed by atoms with Crippen molar-refractivity contribution in [2.45, 2.75) is 12.8 Å². The molecule has 2 aliphatic rings. The first-order valence-corrected chi connectivity index (χ1v) is 7.15. The van der Waals surface area contributed by atoms with Gasteiger partial charge in [0, 0.05) is 30.8 Å². The standard InChI is InChI=1S/C14H16N2S/c1-17-16-11-10-15-9-5-8-13(14(15)16)12-6-3-2-4-7-12/h2-4,6-7,10-11H,5,8-9H2,1H3. The van der Waals surface area contributed by atoms with E-state index in [-0.39, 0.29) is 0 Å². The molecule has 0 bridgehead atoms. The molecule has 0 aliphatic carbocycles. The molecular formula is C14H16N2S. The zero-order valence-corrected chi connectivity index (χ0v) is 10.8. The van der Waals surface area contributed by atoms with Gasteiger partial charge in [-0.2, -0.15) is 0 Å². The Balaban J connectivity index is 2.07. The molecule has 0 atom stereocenters. The largest absolute Gasteiger partial charge is 0.332 e. The van der Waals surface area contributed by atoms with Crippen LogP contribution in [0.1, 0.15) is 18.4 Å². The normalized spacial score (nSPS) is 18.9. The molecule has 0 radical (unpaired) electrons. The van der Waals surface area contributed by atoms with Gasteiger partial charge in [0.25, 0.3) is 0 Å². The van der Waals surface area contributed by atoms with Gasteiger partial charge in [0.2, 0.25) is 0 Å². The van der Waals surface area contributed by atoms with Gasteiger partial charge in [-0.15, -0.1) is 0 Å². The van der Waals surface area contributed by atoms with Crippen LogP contribution < -0.4 is 0 Å². The van der Waals surface area contributed by atoms with Crippen LogP contribution in [0.2, 0.25) is 0 Å². The number of hydrogen-bond donors (Lipinski definition) is 0. The van der Waals surface area contributed by atoms with E-state index in [0.717, 1.165) is 6.54 Å². The van der Waals surface area contributed by atoms with Gasteiger partial charge in [-0.1, -0.05) is 30.3 Å². The highest BCUT2D eigenvalue weighted by Gasteiger charge is 2.27. The number of hydrogen-bond acceptors (Lipinski definition) is 3. The second-order valence-electron chi connectivity index (χ2n) is 4.27. The molecule has 3 rings (SSSR count). The summed E-state index contributed by atoms with van der Waals surface area (Å²) in [5.74, 6) is 1.36. The molecule has 1 aromatic rings. The van der Waals surface area contributed by atoms with E-state index < -0.39 is 0 Å². The van der Waals surface area contributed by atoms with Crippen molar-refractivity contribution in [3.63, 3.8) is 0 Å². The van der Waals surface area contributed by atoms with E-state index in [2.05, 4.69) is 58.2 Å². The third kappa shape index (κ3) is 1.84. The first-order chi connectivity index (χ1) is 8.40. The first kappa shape index (κ1) is 10.8. The van der Waals surface area contributed by atoms with Gasteiger partial charge < -0.3 is 4.90 Å². The highest BCUT2D eigenvalue weighted by atomic mass is 32.2. The average Bonchev–Trinajstić information content (AvgIpc) is 2.82. The van der Waals surface area contributed by atoms with Crippen molar-refractivity contribution in [3.05, 3.63) is 54.1 Å². The Bertz CT molecular complexity index is 464. The summed E-state index contributed by atoms with van der Waals surface area (Å²) in [7, 11) is 0. The fourth-order valence-corrected chi connectivity index (χ4v) is 3.06. The quantitative estimate of drug-likeness (QED) is 0.735. The lowest BCUT2D eigenvalue weighted by atomic mass is 9.98. The molecule has 0 fully saturated rings. The predicted molar refractivity (Wildman–Crippen MR) is 73.8 cm³/mol. The van der Waals surface area contributed by atoms with E-state index >= 15 is 0 Å². The van der Waals surface area contributed by atoms with Gasteiger partial charge >= 0.3 is 0 Å². The summed E-state index contributed by atoms with van der Waals surface area (Å²) in [6.45, 7) is 1.14. The van der Waals surface area contributed by atoms with Crippen LogP contribution >= 0.6 is 11.9 Å². The lowest BCUT2D eigenvalue weighted by Crippen LogP contribution is -2.25. The number of fused-ring (bicyclic) bond motifs is 1. The third-order valence-corrected chi connectivity index (χ3v) is 3.97. The van der Waals surface area contributed by atoms with Crippen molar-refractivity contribution >= 4 is 17.5 Å². The Hall–Kier alpha value is -1.35. The summed E-state index contributed by atoms with van der Waals surface area (Å²) in [6, 6.07) is 10.7. The monoisotopic (exact) mass is 244 g/mol. The Morgan fingerprint density at radius 2 is 1.94 bits per heavy atom. The first-order valence-electron chi connectivity index (χ1n) is 5.97. The molecule has 3 heteroatoms. The van der Waals surface area contributed by atoms with Gasteiger partial charge in [0.05, 0.1) is 0 Å². The van der Waals surface area contributed by atoms with Gasteiger partial charge in [-0.3, -0.25) is 4.31 Å². The van der Waals surface area contributed by atoms with Gasteiger partial charge in [-0.25, -0.2) is 0 Å². The minimum absolute atomic E-state index is 1.14. The number of benzene rings is 1. The summed E-state index contributed by atoms with van der Waals surface area (Å²) in [6.07, 6.45) is 8.88. The lowest BCUT2D eigenvalue weighted by molar-refractivity contribution is 0.410. The zero-order chi connectivity index (χ0) is 11.7. The van der Waals surface area contributed by atoms with Crippen LogP contribution in [0, 0.1) is 0 Å². The van der Waals surface area contributed by atoms with Gasteiger partial charge in [0.1, 0.15) is 5.82 Å². The summed E-state index contributed by atoms with van der Waals surface area (Å²) < 4.78 is 2.27. The van der Waals surface area contributed by atoms with Gasteiger partial charge in [-0.05, 0) is 30.4 Å². The number of rotatable bonds is 2. The molecule has 2 heterocycles. The molecule has 0 N–H and O–H groups in total. The van der Waals surface area contributed by atoms with Crippen LogP contribution in [0.15, 0.2) is 48.6 Å². The fourth-order valence-electron chi connectivity index (χ4n) is 2.49. The molecule has 1 aromatic carbocycles. The second kappa shape index (κ2) is 4.49. The van der Waals surface area contributed by atoms with E-state index in [0.29, 0.717) is 0 Å². The highest BCUT2D eigenvalue weighted by molar-refractivity contribution is 7.96. The van der Waals surface area contributed by atoms with Crippen LogP contribution in [0.3, 0.4) is 0 Å². The van der Waals surface area contributed by atoms with Crippen LogP contribution in [0.25, 0.3) is 5.57 Å². The Morgan fingerprint density at radius 1 is 1.12 bits per heavy atom. The smallest absolute Gasteiger partial charge is 0.126 e. The SMILES string of the molecule is CSN1C=CN2CCCC(c3ccccc3)=C21. The molecule has 0 spiro atoms. The third-order valence-electron chi connectivity index (χ3n) is 3.28. The maximum absolute atomic E-state index is 2.36. The van der Waals surface area contributed by atoms with Crippen molar-refractivity contribution in [2.75, 3.05) is 12.8 Å². The minimum Gasteiger partial charge on any atom is -0.332 e. The molecular weight excluding hydrogens is 228 g/mol. The average molecular weight is 244 g/mol. The van der Waals surface area contributed by atoms with E-state index in [4.69, 9.17) is 0 Å². The van der Waals surface area contributed by atoms with Crippen LogP contribution in [0.4, 0.5) is 0 Å². The highest BCUT2D eigenvalue weighted by Crippen LogP contribution is 2.38. The molecule has 88 valence electrons. The summed E-state index contributed by atoms with van der Waals surface area (Å²) in [5.41, 5.74) is 2.83. The molecule has 2 nitrogen and oxygen atoms in total. The Labute approximate surface area is 107 Å². The molecule has 0 saturated heterocycles. The van der Waals surface area contributed by atoms with Crippen LogP contribution in [0.5, 0.6) is 0 Å². The van der Waals surface area contributed by atoms with Gasteiger partial charge in [0.15, 0.2) is 0 Å². The van der Waals surface area contributed by atoms with Crippen molar-refractivity contribution in [3.8, 4) is 0 Å². The lowest BCUT2D eigenvalue weighted by Gasteiger charge is -2.30. The Kier molecular flexibility index (Phi) is 2.85. The summed E-state index contributed by atoms with van der Waals surface area (Å²) in [5, 5.41) is 0. The molecule has 0 amide bonds. The summed E-state index contributed by atoms with van der Waals surface area (Å²) in [4.78, 5) is 2.36. The molecule has 0 unspecified atom stereocenters. The predicted octanol–water partition coefficient (Wildman–Crippen LogP) is 3.52. The maximum atomic E-state index is 2.36. The van der Waals surface area contributed by atoms with Crippen molar-refractivity contribution in [1.29, 1.82) is 0 Å². The van der Waals surface area contributed by atoms with Crippen LogP contribution in [-0.4, -0.2) is 22.0 Å². The fraction of sp³-hybridized carbons (Fsp3) is 0.286. The van der Waals surface area contributed by atoms with E-state index in [1.165, 1.54) is 29.8 Å². The van der Waals surface area contributed by atoms with Crippen LogP contribution in [-0.2, 0) is 0 Å². The second-order valence-corrected chi connectivity index (χ2v) is 5.03. The summed E-state index contributed by atoms with van der Waals surface area (Å²) >= 11 is 1.76. The maximum Gasteiger partial charge on any atom is 0.126 e. The van der Waals surface area contributed by atoms with E-state index in [9.17, 15) is 0 Å². The topological polar surface area (TPSA) is 6.48 Å². The van der Waals surface area contributed by atoms with E-state index in [1.807, 2.05) is 0 Å². The Morgan fingerprint density at radius 3 is 2.71 bits per heavy atom. The van der Waals surface area contributed by atoms with Crippen molar-refractivity contribution in [2.24, 2.45) is 0 Å². The number of nitrogens with zero attached hydrogens (tertiary/aromatic N) is 2. The molecule has 0 saturated carbocycles. The molecule has 17 heavy (non-hydrogen) atoms. The van der Waals surface area contributed by atoms with Crippen molar-refractivity contribution < 1.29 is 0 Å². The van der Waals surface area contributed by atoms with Crippen molar-refractivity contribution in [1.82, 2.24) is 9.21 Å². The molecule has 2 aliphatic heterocycles. The zero-order valence-electron chi connectivity index (χ0n) is 9.97. The minimum atomic E-state index is 1.14. The number of allylic oxidation sites excluding steroid dienone is 1.